The lowest BCUT2D eigenvalue weighted by Gasteiger charge is -2.26. The van der Waals surface area contributed by atoms with Gasteiger partial charge in [0.05, 0.1) is 44.5 Å². The molecule has 0 aliphatic carbocycles. The van der Waals surface area contributed by atoms with Gasteiger partial charge in [-0.2, -0.15) is 0 Å². The third-order valence-electron chi connectivity index (χ3n) is 18.6. The number of rotatable bonds is 12. The molecule has 6 nitrogen and oxygen atoms in total. The maximum atomic E-state index is 5.43. The summed E-state index contributed by atoms with van der Waals surface area (Å²) in [5.41, 5.74) is 23.1. The molecule has 0 unspecified atom stereocenters. The summed E-state index contributed by atoms with van der Waals surface area (Å²) in [4.78, 5) is 15.6. The number of aromatic nitrogens is 4. The quantitative estimate of drug-likeness (QED) is 0.122. The van der Waals surface area contributed by atoms with E-state index >= 15 is 0 Å². The molecule has 0 saturated carbocycles. The first-order valence-electron chi connectivity index (χ1n) is 32.0. The second-order valence-electron chi connectivity index (χ2n) is 24.1. The van der Waals surface area contributed by atoms with Crippen molar-refractivity contribution in [1.82, 2.24) is 19.1 Å². The van der Waals surface area contributed by atoms with Gasteiger partial charge in [0, 0.05) is 78.2 Å². The lowest BCUT2D eigenvalue weighted by atomic mass is 9.97. The van der Waals surface area contributed by atoms with Crippen LogP contribution in [-0.4, -0.2) is 19.1 Å². The van der Waals surface area contributed by atoms with E-state index in [1.807, 2.05) is 12.1 Å². The smallest absolute Gasteiger partial charge is 0.0973 e. The molecule has 0 aliphatic rings. The molecule has 440 valence electrons. The largest absolute Gasteiger partial charge is 0.310 e. The summed E-state index contributed by atoms with van der Waals surface area (Å²) in [6.45, 7) is 0. The minimum atomic E-state index is 0.810. The number of para-hydroxylation sites is 6. The molecule has 18 rings (SSSR count). The van der Waals surface area contributed by atoms with Gasteiger partial charge in [-0.05, 0) is 189 Å². The molecule has 3 heterocycles. The predicted molar refractivity (Wildman–Crippen MR) is 394 cm³/mol. The number of hydrogen-bond donors (Lipinski definition) is 0. The van der Waals surface area contributed by atoms with Gasteiger partial charge in [0.15, 0.2) is 0 Å². The first-order chi connectivity index (χ1) is 46.6. The summed E-state index contributed by atoms with van der Waals surface area (Å²) in [7, 11) is 0. The predicted octanol–water partition coefficient (Wildman–Crippen LogP) is 23.7. The van der Waals surface area contributed by atoms with Crippen molar-refractivity contribution in [1.29, 1.82) is 0 Å². The average molecular weight is 1200 g/mol. The summed E-state index contributed by atoms with van der Waals surface area (Å²) in [5.74, 6) is 0. The Bertz CT molecular complexity index is 5530. The molecule has 0 fully saturated rings. The highest BCUT2D eigenvalue weighted by Crippen LogP contribution is 2.45. The van der Waals surface area contributed by atoms with Crippen molar-refractivity contribution in [3.8, 4) is 56.1 Å². The van der Waals surface area contributed by atoms with Crippen LogP contribution in [-0.2, 0) is 0 Å². The van der Waals surface area contributed by atoms with Crippen LogP contribution in [0.4, 0.5) is 34.1 Å². The summed E-state index contributed by atoms with van der Waals surface area (Å²) in [6.07, 6.45) is 0. The minimum Gasteiger partial charge on any atom is -0.310 e. The molecule has 6 heteroatoms. The van der Waals surface area contributed by atoms with E-state index in [1.54, 1.807) is 0 Å². The number of anilines is 6. The summed E-state index contributed by atoms with van der Waals surface area (Å²) in [6, 6.07) is 127. The first-order valence-corrected chi connectivity index (χ1v) is 32.0. The molecule has 0 amide bonds. The molecule has 3 aromatic heterocycles. The summed E-state index contributed by atoms with van der Waals surface area (Å²) >= 11 is 0. The van der Waals surface area contributed by atoms with Crippen LogP contribution in [0.15, 0.2) is 352 Å². The lowest BCUT2D eigenvalue weighted by Crippen LogP contribution is -2.10. The monoisotopic (exact) mass is 1200 g/mol. The Labute approximate surface area is 544 Å². The van der Waals surface area contributed by atoms with E-state index in [-0.39, 0.29) is 0 Å². The van der Waals surface area contributed by atoms with Gasteiger partial charge in [-0.25, -0.2) is 9.97 Å². The lowest BCUT2D eigenvalue weighted by molar-refractivity contribution is 1.18. The van der Waals surface area contributed by atoms with Crippen LogP contribution in [0, 0.1) is 0 Å². The fourth-order valence-corrected chi connectivity index (χ4v) is 14.3. The van der Waals surface area contributed by atoms with Crippen LogP contribution in [0.25, 0.3) is 132 Å². The number of benzene rings is 15. The Balaban J connectivity index is 0.734. The highest BCUT2D eigenvalue weighted by Gasteiger charge is 2.23. The zero-order valence-corrected chi connectivity index (χ0v) is 51.2. The molecule has 0 N–H and O–H groups in total. The van der Waals surface area contributed by atoms with Crippen LogP contribution >= 0.6 is 0 Å². The van der Waals surface area contributed by atoms with Gasteiger partial charge in [-0.15, -0.1) is 0 Å². The van der Waals surface area contributed by atoms with E-state index in [0.717, 1.165) is 101 Å². The fourth-order valence-electron chi connectivity index (χ4n) is 14.3. The van der Waals surface area contributed by atoms with E-state index in [1.165, 1.54) is 65.3 Å². The van der Waals surface area contributed by atoms with E-state index in [2.05, 4.69) is 359 Å². The van der Waals surface area contributed by atoms with Gasteiger partial charge in [0.2, 0.25) is 0 Å². The SMILES string of the molecule is c1ccc(N(c2ccc(-c3nc4ccccc4nc3-c3ccc(N(c4ccccc4)c4ccc5c(c4)c4cc(-c6cccc7ccccc67)ccc4n5-c4ccccc4)cc3)cc2)c2ccc3c(c2)c2cc(-c4cccc5ccccc45)ccc2n3-c2ccccc2)cc1. The highest BCUT2D eigenvalue weighted by molar-refractivity contribution is 6.14. The van der Waals surface area contributed by atoms with Crippen molar-refractivity contribution in [2.45, 2.75) is 0 Å². The standard InChI is InChI=1S/C88H58N6/c1-5-25-65(26-6-1)91(71-49-53-85-79(57-71)77-55-63(75-35-19-23-59-21-13-15-33-73(59)75)43-51-83(77)93(85)67-29-9-3-10-30-67)69-45-39-61(40-46-69)87-88(90-82-38-18-17-37-81(82)89-87)62-41-47-70(48-42-62)92(66-27-7-2-8-28-66)72-50-54-86-80(58-72)78-56-64(76-36-20-24-60-22-14-16-34-74(60)76)44-52-84(78)94(86)68-31-11-4-12-32-68/h1-58H. The maximum absolute atomic E-state index is 5.43. The molecular formula is C88H58N6. The van der Waals surface area contributed by atoms with Crippen molar-refractivity contribution < 1.29 is 0 Å². The van der Waals surface area contributed by atoms with Crippen LogP contribution in [0.3, 0.4) is 0 Å². The van der Waals surface area contributed by atoms with E-state index in [9.17, 15) is 0 Å². The second kappa shape index (κ2) is 22.7. The Morgan fingerprint density at radius 3 is 0.936 bits per heavy atom. The summed E-state index contributed by atoms with van der Waals surface area (Å²) < 4.78 is 4.79. The number of nitrogens with zero attached hydrogens (tertiary/aromatic N) is 6. The zero-order valence-electron chi connectivity index (χ0n) is 51.2. The third kappa shape index (κ3) is 9.34. The van der Waals surface area contributed by atoms with Gasteiger partial charge in [0.1, 0.15) is 0 Å². The van der Waals surface area contributed by atoms with Gasteiger partial charge < -0.3 is 18.9 Å². The van der Waals surface area contributed by atoms with Crippen LogP contribution in [0.1, 0.15) is 0 Å². The van der Waals surface area contributed by atoms with Gasteiger partial charge >= 0.3 is 0 Å². The molecule has 15 aromatic carbocycles. The van der Waals surface area contributed by atoms with Crippen LogP contribution < -0.4 is 9.80 Å². The Hall–Kier alpha value is -12.6. The zero-order chi connectivity index (χ0) is 62.1. The molecular weight excluding hydrogens is 1140 g/mol. The third-order valence-corrected chi connectivity index (χ3v) is 18.6. The molecule has 18 aromatic rings. The van der Waals surface area contributed by atoms with E-state index in [4.69, 9.17) is 9.97 Å². The highest BCUT2D eigenvalue weighted by atomic mass is 15.1. The van der Waals surface area contributed by atoms with Gasteiger partial charge in [-0.3, -0.25) is 0 Å². The van der Waals surface area contributed by atoms with Crippen molar-refractivity contribution >= 4 is 110 Å². The van der Waals surface area contributed by atoms with Crippen molar-refractivity contribution in [3.63, 3.8) is 0 Å². The molecule has 0 aliphatic heterocycles. The molecule has 0 atom stereocenters. The Morgan fingerprint density at radius 1 is 0.213 bits per heavy atom. The molecule has 0 spiro atoms. The number of hydrogen-bond acceptors (Lipinski definition) is 4. The molecule has 0 bridgehead atoms. The summed E-state index contributed by atoms with van der Waals surface area (Å²) in [5, 5.41) is 9.65. The van der Waals surface area contributed by atoms with E-state index in [0.29, 0.717) is 0 Å². The van der Waals surface area contributed by atoms with Crippen molar-refractivity contribution in [2.24, 2.45) is 0 Å². The minimum absolute atomic E-state index is 0.810. The average Bonchev–Trinajstić information content (AvgIpc) is 1.58. The van der Waals surface area contributed by atoms with E-state index < -0.39 is 0 Å². The fraction of sp³-hybridized carbons (Fsp3) is 0. The first kappa shape index (κ1) is 54.3. The van der Waals surface area contributed by atoms with Crippen LogP contribution in [0.2, 0.25) is 0 Å². The molecule has 0 radical (unpaired) electrons. The second-order valence-corrected chi connectivity index (χ2v) is 24.1. The molecule has 0 saturated heterocycles. The van der Waals surface area contributed by atoms with Crippen LogP contribution in [0.5, 0.6) is 0 Å². The molecule has 94 heavy (non-hydrogen) atoms. The van der Waals surface area contributed by atoms with Gasteiger partial charge in [-0.1, -0.05) is 206 Å². The number of fused-ring (bicyclic) bond motifs is 9. The maximum Gasteiger partial charge on any atom is 0.0973 e. The van der Waals surface area contributed by atoms with Crippen molar-refractivity contribution in [2.75, 3.05) is 9.80 Å². The Morgan fingerprint density at radius 2 is 0.521 bits per heavy atom. The normalized spacial score (nSPS) is 11.6. The Kier molecular flexibility index (Phi) is 13.1. The van der Waals surface area contributed by atoms with Crippen molar-refractivity contribution in [3.05, 3.63) is 352 Å². The topological polar surface area (TPSA) is 42.1 Å². The van der Waals surface area contributed by atoms with Gasteiger partial charge in [0.25, 0.3) is 0 Å².